The lowest BCUT2D eigenvalue weighted by Gasteiger charge is -2.08. The van der Waals surface area contributed by atoms with E-state index in [4.69, 9.17) is 5.73 Å². The molecule has 14 heavy (non-hydrogen) atoms. The highest BCUT2D eigenvalue weighted by Crippen LogP contribution is 2.30. The Balaban J connectivity index is 2.51. The molecule has 0 unspecified atom stereocenters. The van der Waals surface area contributed by atoms with Crippen molar-refractivity contribution in [3.05, 3.63) is 29.5 Å². The van der Waals surface area contributed by atoms with Crippen LogP contribution in [0.1, 0.15) is 24.0 Å². The maximum Gasteiger partial charge on any atom is 0.156 e. The fourth-order valence-electron chi connectivity index (χ4n) is 1.79. The third-order valence-electron chi connectivity index (χ3n) is 2.49. The standard InChI is InChI=1S/C11H12N2O/c1-7-4-5-13-11(12)10(7)8-2-3-9(14)6-8/h4-6H,2-3H2,1H3,(H2,12,13). The van der Waals surface area contributed by atoms with Gasteiger partial charge >= 0.3 is 0 Å². The summed E-state index contributed by atoms with van der Waals surface area (Å²) in [5.74, 6) is 0.702. The maximum atomic E-state index is 11.1. The Bertz CT molecular complexity index is 401. The van der Waals surface area contributed by atoms with Crippen molar-refractivity contribution in [3.8, 4) is 0 Å². The van der Waals surface area contributed by atoms with Crippen LogP contribution in [0.15, 0.2) is 18.3 Å². The van der Waals surface area contributed by atoms with Crippen LogP contribution in [0.4, 0.5) is 5.82 Å². The SMILES string of the molecule is Cc1ccnc(N)c1C1=CC(=O)CC1. The number of carbonyl (C=O) groups is 1. The van der Waals surface area contributed by atoms with Gasteiger partial charge in [0, 0.05) is 18.2 Å². The Morgan fingerprint density at radius 3 is 2.79 bits per heavy atom. The molecule has 2 rings (SSSR count). The van der Waals surface area contributed by atoms with Crippen LogP contribution in [0.3, 0.4) is 0 Å². The molecule has 3 heteroatoms. The van der Waals surface area contributed by atoms with E-state index in [1.54, 1.807) is 12.3 Å². The summed E-state index contributed by atoms with van der Waals surface area (Å²) in [4.78, 5) is 15.1. The van der Waals surface area contributed by atoms with Crippen LogP contribution in [0, 0.1) is 6.92 Å². The van der Waals surface area contributed by atoms with E-state index in [0.29, 0.717) is 12.2 Å². The van der Waals surface area contributed by atoms with Crippen LogP contribution in [-0.2, 0) is 4.79 Å². The minimum Gasteiger partial charge on any atom is -0.383 e. The second-order valence-corrected chi connectivity index (χ2v) is 3.52. The number of hydrogen-bond donors (Lipinski definition) is 1. The van der Waals surface area contributed by atoms with Gasteiger partial charge in [-0.25, -0.2) is 4.98 Å². The fourth-order valence-corrected chi connectivity index (χ4v) is 1.79. The monoisotopic (exact) mass is 188 g/mol. The number of aromatic nitrogens is 1. The average molecular weight is 188 g/mol. The Kier molecular flexibility index (Phi) is 2.08. The van der Waals surface area contributed by atoms with Gasteiger partial charge in [0.1, 0.15) is 5.82 Å². The number of nitrogens with zero attached hydrogens (tertiary/aromatic N) is 1. The molecule has 1 heterocycles. The smallest absolute Gasteiger partial charge is 0.156 e. The molecule has 0 saturated heterocycles. The van der Waals surface area contributed by atoms with E-state index in [2.05, 4.69) is 4.98 Å². The van der Waals surface area contributed by atoms with E-state index in [9.17, 15) is 4.79 Å². The first-order valence-corrected chi connectivity index (χ1v) is 4.63. The van der Waals surface area contributed by atoms with Crippen LogP contribution in [0.5, 0.6) is 0 Å². The summed E-state index contributed by atoms with van der Waals surface area (Å²) >= 11 is 0. The normalized spacial score (nSPS) is 15.8. The van der Waals surface area contributed by atoms with Crippen LogP contribution < -0.4 is 5.73 Å². The lowest BCUT2D eigenvalue weighted by molar-refractivity contribution is -0.114. The van der Waals surface area contributed by atoms with Crippen molar-refractivity contribution in [1.29, 1.82) is 0 Å². The van der Waals surface area contributed by atoms with Crippen LogP contribution >= 0.6 is 0 Å². The van der Waals surface area contributed by atoms with Gasteiger partial charge in [-0.15, -0.1) is 0 Å². The fraction of sp³-hybridized carbons (Fsp3) is 0.273. The van der Waals surface area contributed by atoms with Gasteiger partial charge < -0.3 is 5.73 Å². The number of rotatable bonds is 1. The van der Waals surface area contributed by atoms with Crippen molar-refractivity contribution in [2.24, 2.45) is 0 Å². The zero-order valence-electron chi connectivity index (χ0n) is 8.08. The number of allylic oxidation sites excluding steroid dienone is 2. The summed E-state index contributed by atoms with van der Waals surface area (Å²) in [5, 5.41) is 0. The minimum absolute atomic E-state index is 0.183. The van der Waals surface area contributed by atoms with E-state index in [-0.39, 0.29) is 5.78 Å². The first-order valence-electron chi connectivity index (χ1n) is 4.63. The lowest BCUT2D eigenvalue weighted by atomic mass is 10.0. The molecular formula is C11H12N2O. The molecule has 0 aromatic carbocycles. The van der Waals surface area contributed by atoms with E-state index >= 15 is 0 Å². The molecule has 1 aliphatic carbocycles. The molecule has 2 N–H and O–H groups in total. The highest BCUT2D eigenvalue weighted by Gasteiger charge is 2.17. The zero-order valence-corrected chi connectivity index (χ0v) is 8.08. The van der Waals surface area contributed by atoms with E-state index in [0.717, 1.165) is 23.1 Å². The van der Waals surface area contributed by atoms with Crippen LogP contribution in [0.2, 0.25) is 0 Å². The molecule has 0 radical (unpaired) electrons. The van der Waals surface area contributed by atoms with Crippen LogP contribution in [-0.4, -0.2) is 10.8 Å². The number of nitrogen functional groups attached to an aromatic ring is 1. The number of hydrogen-bond acceptors (Lipinski definition) is 3. The van der Waals surface area contributed by atoms with Gasteiger partial charge in [0.25, 0.3) is 0 Å². The summed E-state index contributed by atoms with van der Waals surface area (Å²) in [5.41, 5.74) is 8.83. The molecule has 1 aliphatic rings. The molecular weight excluding hydrogens is 176 g/mol. The van der Waals surface area contributed by atoms with Gasteiger partial charge in [-0.05, 0) is 36.6 Å². The topological polar surface area (TPSA) is 56.0 Å². The first-order chi connectivity index (χ1) is 6.68. The number of carbonyl (C=O) groups excluding carboxylic acids is 1. The Morgan fingerprint density at radius 2 is 2.21 bits per heavy atom. The van der Waals surface area contributed by atoms with E-state index in [1.807, 2.05) is 13.0 Å². The molecule has 0 atom stereocenters. The second kappa shape index (κ2) is 3.25. The molecule has 0 saturated carbocycles. The molecule has 0 amide bonds. The second-order valence-electron chi connectivity index (χ2n) is 3.52. The Hall–Kier alpha value is -1.64. The predicted molar refractivity (Wildman–Crippen MR) is 55.6 cm³/mol. The van der Waals surface area contributed by atoms with Crippen molar-refractivity contribution < 1.29 is 4.79 Å². The number of ketones is 1. The van der Waals surface area contributed by atoms with Crippen molar-refractivity contribution >= 4 is 17.2 Å². The number of pyridine rings is 1. The summed E-state index contributed by atoms with van der Waals surface area (Å²) in [7, 11) is 0. The number of aryl methyl sites for hydroxylation is 1. The van der Waals surface area contributed by atoms with Gasteiger partial charge in [-0.2, -0.15) is 0 Å². The van der Waals surface area contributed by atoms with Gasteiger partial charge in [-0.1, -0.05) is 0 Å². The summed E-state index contributed by atoms with van der Waals surface area (Å²) in [6.07, 6.45) is 4.75. The summed E-state index contributed by atoms with van der Waals surface area (Å²) in [6, 6.07) is 1.91. The van der Waals surface area contributed by atoms with Gasteiger partial charge in [0.05, 0.1) is 0 Å². The summed E-state index contributed by atoms with van der Waals surface area (Å²) in [6.45, 7) is 1.98. The molecule has 1 aromatic rings. The van der Waals surface area contributed by atoms with Crippen molar-refractivity contribution in [2.45, 2.75) is 19.8 Å². The highest BCUT2D eigenvalue weighted by molar-refractivity contribution is 6.02. The Morgan fingerprint density at radius 1 is 1.43 bits per heavy atom. The van der Waals surface area contributed by atoms with E-state index < -0.39 is 0 Å². The van der Waals surface area contributed by atoms with Crippen LogP contribution in [0.25, 0.3) is 5.57 Å². The third kappa shape index (κ3) is 1.41. The summed E-state index contributed by atoms with van der Waals surface area (Å²) < 4.78 is 0. The Labute approximate surface area is 82.6 Å². The molecule has 1 aromatic heterocycles. The zero-order chi connectivity index (χ0) is 10.1. The van der Waals surface area contributed by atoms with Crippen molar-refractivity contribution in [1.82, 2.24) is 4.98 Å². The molecule has 0 spiro atoms. The average Bonchev–Trinajstić information content (AvgIpc) is 2.51. The first kappa shape index (κ1) is 8.94. The quantitative estimate of drug-likeness (QED) is 0.730. The minimum atomic E-state index is 0.183. The van der Waals surface area contributed by atoms with Gasteiger partial charge in [-0.3, -0.25) is 4.79 Å². The van der Waals surface area contributed by atoms with E-state index in [1.165, 1.54) is 0 Å². The van der Waals surface area contributed by atoms with Gasteiger partial charge in [0.2, 0.25) is 0 Å². The molecule has 72 valence electrons. The van der Waals surface area contributed by atoms with Crippen molar-refractivity contribution in [3.63, 3.8) is 0 Å². The largest absolute Gasteiger partial charge is 0.383 e. The maximum absolute atomic E-state index is 11.1. The van der Waals surface area contributed by atoms with Crippen molar-refractivity contribution in [2.75, 3.05) is 5.73 Å². The number of nitrogens with two attached hydrogens (primary N) is 1. The highest BCUT2D eigenvalue weighted by atomic mass is 16.1. The lowest BCUT2D eigenvalue weighted by Crippen LogP contribution is -1.98. The van der Waals surface area contributed by atoms with Gasteiger partial charge in [0.15, 0.2) is 5.78 Å². The molecule has 0 fully saturated rings. The third-order valence-corrected chi connectivity index (χ3v) is 2.49. The molecule has 0 aliphatic heterocycles. The predicted octanol–water partition coefficient (Wildman–Crippen LogP) is 1.72. The molecule has 3 nitrogen and oxygen atoms in total. The molecule has 0 bridgehead atoms. The number of anilines is 1.